The fraction of sp³-hybridized carbons (Fsp3) is 0.480. The SMILES string of the molecule is COC(=O)C1(NCCCc2ccc(OCc3ccc(F)c(C(F)(F)F)c3)c(OC)c2)CCCC1. The van der Waals surface area contributed by atoms with Crippen molar-refractivity contribution in [1.82, 2.24) is 5.32 Å². The van der Waals surface area contributed by atoms with Crippen LogP contribution in [0.1, 0.15) is 48.8 Å². The first-order chi connectivity index (χ1) is 16.2. The van der Waals surface area contributed by atoms with E-state index in [-0.39, 0.29) is 18.1 Å². The molecule has 0 bridgehead atoms. The molecule has 0 heterocycles. The summed E-state index contributed by atoms with van der Waals surface area (Å²) in [6.45, 7) is 0.486. The minimum Gasteiger partial charge on any atom is -0.493 e. The molecule has 0 unspecified atom stereocenters. The second-order valence-corrected chi connectivity index (χ2v) is 8.40. The number of hydrogen-bond donors (Lipinski definition) is 1. The number of carbonyl (C=O) groups excluding carboxylic acids is 1. The quantitative estimate of drug-likeness (QED) is 0.277. The average molecular weight is 484 g/mol. The van der Waals surface area contributed by atoms with Crippen LogP contribution >= 0.6 is 0 Å². The first-order valence-corrected chi connectivity index (χ1v) is 11.2. The van der Waals surface area contributed by atoms with Crippen molar-refractivity contribution < 1.29 is 36.6 Å². The van der Waals surface area contributed by atoms with Crippen LogP contribution in [-0.4, -0.2) is 32.3 Å². The molecule has 1 saturated carbocycles. The lowest BCUT2D eigenvalue weighted by Gasteiger charge is -2.27. The molecule has 5 nitrogen and oxygen atoms in total. The van der Waals surface area contributed by atoms with Crippen LogP contribution in [0.2, 0.25) is 0 Å². The van der Waals surface area contributed by atoms with Crippen molar-refractivity contribution in [2.75, 3.05) is 20.8 Å². The second kappa shape index (κ2) is 11.1. The van der Waals surface area contributed by atoms with Crippen LogP contribution in [0.5, 0.6) is 11.5 Å². The Morgan fingerprint density at radius 1 is 1.03 bits per heavy atom. The lowest BCUT2D eigenvalue weighted by Crippen LogP contribution is -2.50. The number of nitrogens with one attached hydrogen (secondary N) is 1. The van der Waals surface area contributed by atoms with Crippen LogP contribution in [-0.2, 0) is 28.7 Å². The van der Waals surface area contributed by atoms with Crippen LogP contribution < -0.4 is 14.8 Å². The molecule has 2 aromatic rings. The molecule has 1 aliphatic carbocycles. The number of halogens is 4. The highest BCUT2D eigenvalue weighted by molar-refractivity contribution is 5.81. The van der Waals surface area contributed by atoms with E-state index >= 15 is 0 Å². The van der Waals surface area contributed by atoms with Gasteiger partial charge < -0.3 is 19.5 Å². The molecule has 0 aromatic heterocycles. The predicted octanol–water partition coefficient (Wildman–Crippen LogP) is 5.44. The van der Waals surface area contributed by atoms with E-state index in [1.807, 2.05) is 12.1 Å². The van der Waals surface area contributed by atoms with Gasteiger partial charge in [0.15, 0.2) is 11.5 Å². The van der Waals surface area contributed by atoms with Crippen molar-refractivity contribution in [2.45, 2.75) is 56.8 Å². The number of rotatable bonds is 10. The topological polar surface area (TPSA) is 56.8 Å². The van der Waals surface area contributed by atoms with E-state index in [0.717, 1.165) is 56.2 Å². The van der Waals surface area contributed by atoms with Gasteiger partial charge in [0.2, 0.25) is 0 Å². The number of benzene rings is 2. The van der Waals surface area contributed by atoms with Crippen molar-refractivity contribution >= 4 is 5.97 Å². The molecule has 9 heteroatoms. The summed E-state index contributed by atoms with van der Waals surface area (Å²) in [5.41, 5.74) is -0.726. The third-order valence-electron chi connectivity index (χ3n) is 6.10. The summed E-state index contributed by atoms with van der Waals surface area (Å²) in [6.07, 6.45) is 0.288. The minimum absolute atomic E-state index is 0.168. The fourth-order valence-electron chi connectivity index (χ4n) is 4.27. The maximum absolute atomic E-state index is 13.5. The molecule has 0 saturated heterocycles. The normalized spacial score (nSPS) is 15.2. The molecule has 0 atom stereocenters. The monoisotopic (exact) mass is 483 g/mol. The summed E-state index contributed by atoms with van der Waals surface area (Å²) in [6, 6.07) is 8.15. The van der Waals surface area contributed by atoms with Gasteiger partial charge in [-0.05, 0) is 67.6 Å². The largest absolute Gasteiger partial charge is 0.493 e. The summed E-state index contributed by atoms with van der Waals surface area (Å²) in [5, 5.41) is 3.38. The zero-order valence-corrected chi connectivity index (χ0v) is 19.3. The molecule has 3 rings (SSSR count). The van der Waals surface area contributed by atoms with Gasteiger partial charge in [-0.25, -0.2) is 4.39 Å². The average Bonchev–Trinajstić information content (AvgIpc) is 3.30. The smallest absolute Gasteiger partial charge is 0.419 e. The number of methoxy groups -OCH3 is 2. The van der Waals surface area contributed by atoms with Crippen LogP contribution in [0, 0.1) is 5.82 Å². The second-order valence-electron chi connectivity index (χ2n) is 8.40. The summed E-state index contributed by atoms with van der Waals surface area (Å²) in [4.78, 5) is 12.2. The molecule has 0 spiro atoms. The van der Waals surface area contributed by atoms with Crippen molar-refractivity contribution in [1.29, 1.82) is 0 Å². The molecule has 2 aromatic carbocycles. The number of ether oxygens (including phenoxy) is 3. The molecule has 0 aliphatic heterocycles. The summed E-state index contributed by atoms with van der Waals surface area (Å²) < 4.78 is 68.2. The molecule has 1 aliphatic rings. The third-order valence-corrected chi connectivity index (χ3v) is 6.10. The van der Waals surface area contributed by atoms with Crippen LogP contribution in [0.15, 0.2) is 36.4 Å². The fourth-order valence-corrected chi connectivity index (χ4v) is 4.27. The molecular weight excluding hydrogens is 454 g/mol. The van der Waals surface area contributed by atoms with Gasteiger partial charge in [0, 0.05) is 0 Å². The Kier molecular flexibility index (Phi) is 8.41. The Balaban J connectivity index is 1.57. The molecule has 186 valence electrons. The van der Waals surface area contributed by atoms with E-state index in [1.54, 1.807) is 6.07 Å². The van der Waals surface area contributed by atoms with Gasteiger partial charge in [0.1, 0.15) is 18.0 Å². The lowest BCUT2D eigenvalue weighted by molar-refractivity contribution is -0.148. The Labute approximate surface area is 196 Å². The lowest BCUT2D eigenvalue weighted by atomic mass is 9.97. The van der Waals surface area contributed by atoms with Crippen molar-refractivity contribution in [3.05, 3.63) is 58.9 Å². The zero-order valence-electron chi connectivity index (χ0n) is 19.3. The van der Waals surface area contributed by atoms with Crippen molar-refractivity contribution in [3.8, 4) is 11.5 Å². The minimum atomic E-state index is -4.78. The first-order valence-electron chi connectivity index (χ1n) is 11.2. The Morgan fingerprint density at radius 3 is 2.38 bits per heavy atom. The van der Waals surface area contributed by atoms with E-state index in [9.17, 15) is 22.4 Å². The third kappa shape index (κ3) is 6.20. The Bertz CT molecular complexity index is 987. The Hall–Kier alpha value is -2.81. The van der Waals surface area contributed by atoms with E-state index in [4.69, 9.17) is 14.2 Å². The van der Waals surface area contributed by atoms with Gasteiger partial charge in [-0.3, -0.25) is 4.79 Å². The first kappa shape index (κ1) is 25.8. The van der Waals surface area contributed by atoms with Crippen LogP contribution in [0.3, 0.4) is 0 Å². The number of alkyl halides is 3. The number of esters is 1. The molecule has 0 amide bonds. The van der Waals surface area contributed by atoms with E-state index in [1.165, 1.54) is 20.3 Å². The maximum atomic E-state index is 13.5. The zero-order chi connectivity index (χ0) is 24.8. The number of aryl methyl sites for hydroxylation is 1. The molecule has 34 heavy (non-hydrogen) atoms. The van der Waals surface area contributed by atoms with Gasteiger partial charge in [-0.15, -0.1) is 0 Å². The maximum Gasteiger partial charge on any atom is 0.419 e. The summed E-state index contributed by atoms with van der Waals surface area (Å²) in [5.74, 6) is -0.710. The van der Waals surface area contributed by atoms with E-state index < -0.39 is 23.1 Å². The van der Waals surface area contributed by atoms with Crippen molar-refractivity contribution in [2.24, 2.45) is 0 Å². The van der Waals surface area contributed by atoms with Crippen molar-refractivity contribution in [3.63, 3.8) is 0 Å². The highest BCUT2D eigenvalue weighted by Gasteiger charge is 2.41. The molecular formula is C25H29F4NO4. The molecule has 0 radical (unpaired) electrons. The highest BCUT2D eigenvalue weighted by Crippen LogP contribution is 2.34. The van der Waals surface area contributed by atoms with E-state index in [0.29, 0.717) is 18.0 Å². The summed E-state index contributed by atoms with van der Waals surface area (Å²) in [7, 11) is 2.89. The molecule has 1 fully saturated rings. The number of hydrogen-bond acceptors (Lipinski definition) is 5. The summed E-state index contributed by atoms with van der Waals surface area (Å²) >= 11 is 0. The van der Waals surface area contributed by atoms with Crippen LogP contribution in [0.25, 0.3) is 0 Å². The van der Waals surface area contributed by atoms with Gasteiger partial charge in [-0.2, -0.15) is 13.2 Å². The van der Waals surface area contributed by atoms with Crippen LogP contribution in [0.4, 0.5) is 17.6 Å². The Morgan fingerprint density at radius 2 is 1.74 bits per heavy atom. The highest BCUT2D eigenvalue weighted by atomic mass is 19.4. The van der Waals surface area contributed by atoms with Gasteiger partial charge >= 0.3 is 12.1 Å². The molecule has 1 N–H and O–H groups in total. The van der Waals surface area contributed by atoms with Gasteiger partial charge in [-0.1, -0.05) is 25.0 Å². The van der Waals surface area contributed by atoms with E-state index in [2.05, 4.69) is 5.32 Å². The standard InChI is InChI=1S/C25H29F4NO4/c1-32-22-15-17(6-5-13-30-24(23(31)33-2)11-3-4-12-24)8-10-21(22)34-16-18-7-9-20(26)19(14-18)25(27,28)29/h7-10,14-15,30H,3-6,11-13,16H2,1-2H3. The van der Waals surface area contributed by atoms with Gasteiger partial charge in [0.25, 0.3) is 0 Å². The number of carbonyl (C=O) groups is 1. The predicted molar refractivity (Wildman–Crippen MR) is 118 cm³/mol. The van der Waals surface area contributed by atoms with Gasteiger partial charge in [0.05, 0.1) is 19.8 Å².